The van der Waals surface area contributed by atoms with Gasteiger partial charge in [-0.25, -0.2) is 0 Å². The molecule has 3 rings (SSSR count). The molecule has 0 saturated heterocycles. The number of hydrogen-bond donors (Lipinski definition) is 2. The molecule has 1 aromatic carbocycles. The third kappa shape index (κ3) is 4.44. The fourth-order valence-electron chi connectivity index (χ4n) is 3.65. The topological polar surface area (TPSA) is 48.1 Å². The average Bonchev–Trinajstić information content (AvgIpc) is 3.12. The van der Waals surface area contributed by atoms with Crippen molar-refractivity contribution >= 4 is 28.2 Å². The van der Waals surface area contributed by atoms with Gasteiger partial charge >= 0.3 is 0 Å². The van der Waals surface area contributed by atoms with Gasteiger partial charge in [0.1, 0.15) is 0 Å². The number of pyridine rings is 1. The number of nitrogens with zero attached hydrogens (tertiary/aromatic N) is 1. The molecule has 1 heterocycles. The third-order valence-electron chi connectivity index (χ3n) is 5.11. The number of benzene rings is 1. The molecule has 0 aliphatic heterocycles. The van der Waals surface area contributed by atoms with Gasteiger partial charge in [0.15, 0.2) is 5.11 Å². The summed E-state index contributed by atoms with van der Waals surface area (Å²) in [5.74, 6) is 0.533. The zero-order chi connectivity index (χ0) is 18.7. The summed E-state index contributed by atoms with van der Waals surface area (Å²) in [6.45, 7) is 7.83. The normalized spacial score (nSPS) is 14.9. The Hall–Kier alpha value is -1.88. The molecule has 1 aliphatic carbocycles. The third-order valence-corrected chi connectivity index (χ3v) is 5.48. The number of hydrogen-bond acceptors (Lipinski definition) is 2. The molecular weight excluding hydrogens is 342 g/mol. The van der Waals surface area contributed by atoms with Gasteiger partial charge in [0.25, 0.3) is 5.56 Å². The van der Waals surface area contributed by atoms with E-state index in [4.69, 9.17) is 12.2 Å². The fourth-order valence-corrected chi connectivity index (χ4v) is 3.94. The van der Waals surface area contributed by atoms with Crippen LogP contribution in [-0.4, -0.2) is 27.6 Å². The van der Waals surface area contributed by atoms with Crippen LogP contribution >= 0.6 is 12.2 Å². The van der Waals surface area contributed by atoms with Gasteiger partial charge in [0.05, 0.1) is 6.54 Å². The first kappa shape index (κ1) is 18.9. The summed E-state index contributed by atoms with van der Waals surface area (Å²) in [7, 11) is 0. The number of H-pyrrole nitrogens is 1. The van der Waals surface area contributed by atoms with Crippen LogP contribution in [0.4, 0.5) is 0 Å². The zero-order valence-corrected chi connectivity index (χ0v) is 16.8. The van der Waals surface area contributed by atoms with Gasteiger partial charge < -0.3 is 15.2 Å². The van der Waals surface area contributed by atoms with Gasteiger partial charge in [0, 0.05) is 23.7 Å². The van der Waals surface area contributed by atoms with E-state index in [0.29, 0.717) is 18.5 Å². The van der Waals surface area contributed by atoms with Crippen molar-refractivity contribution in [2.45, 2.75) is 59.0 Å². The first-order valence-electron chi connectivity index (χ1n) is 9.61. The van der Waals surface area contributed by atoms with Gasteiger partial charge in [0.2, 0.25) is 0 Å². The number of rotatable bonds is 5. The molecule has 140 valence electrons. The molecule has 26 heavy (non-hydrogen) atoms. The summed E-state index contributed by atoms with van der Waals surface area (Å²) in [6, 6.07) is 8.56. The van der Waals surface area contributed by atoms with Crippen molar-refractivity contribution in [3.63, 3.8) is 0 Å². The maximum atomic E-state index is 12.6. The molecule has 0 bridgehead atoms. The Morgan fingerprint density at radius 2 is 2.04 bits per heavy atom. The second-order valence-electron chi connectivity index (χ2n) is 7.86. The molecular formula is C21H29N3OS. The summed E-state index contributed by atoms with van der Waals surface area (Å²) in [6.07, 6.45) is 4.77. The minimum Gasteiger partial charge on any atom is -0.362 e. The van der Waals surface area contributed by atoms with Crippen LogP contribution in [-0.2, 0) is 6.54 Å². The Morgan fingerprint density at radius 3 is 2.73 bits per heavy atom. The lowest BCUT2D eigenvalue weighted by molar-refractivity contribution is 0.301. The van der Waals surface area contributed by atoms with Crippen molar-refractivity contribution in [3.05, 3.63) is 45.7 Å². The quantitative estimate of drug-likeness (QED) is 0.777. The van der Waals surface area contributed by atoms with E-state index in [1.54, 1.807) is 0 Å². The zero-order valence-electron chi connectivity index (χ0n) is 16.0. The Balaban J connectivity index is 1.87. The lowest BCUT2D eigenvalue weighted by Gasteiger charge is -2.32. The second-order valence-corrected chi connectivity index (χ2v) is 8.25. The summed E-state index contributed by atoms with van der Waals surface area (Å²) >= 11 is 5.69. The predicted molar refractivity (Wildman–Crippen MR) is 113 cm³/mol. The van der Waals surface area contributed by atoms with E-state index in [9.17, 15) is 4.79 Å². The summed E-state index contributed by atoms with van der Waals surface area (Å²) in [5, 5.41) is 5.24. The Kier molecular flexibility index (Phi) is 5.97. The molecule has 0 amide bonds. The van der Waals surface area contributed by atoms with E-state index >= 15 is 0 Å². The summed E-state index contributed by atoms with van der Waals surface area (Å²) < 4.78 is 0. The maximum Gasteiger partial charge on any atom is 0.253 e. The maximum absolute atomic E-state index is 12.6. The highest BCUT2D eigenvalue weighted by Crippen LogP contribution is 2.25. The van der Waals surface area contributed by atoms with E-state index in [-0.39, 0.29) is 5.56 Å². The van der Waals surface area contributed by atoms with Crippen molar-refractivity contribution in [1.82, 2.24) is 15.2 Å². The highest BCUT2D eigenvalue weighted by molar-refractivity contribution is 7.80. The molecule has 1 aliphatic rings. The number of aromatic amines is 1. The molecule has 1 fully saturated rings. The van der Waals surface area contributed by atoms with Gasteiger partial charge in [-0.05, 0) is 61.5 Å². The monoisotopic (exact) mass is 371 g/mol. The minimum absolute atomic E-state index is 0.0176. The molecule has 2 N–H and O–H groups in total. The van der Waals surface area contributed by atoms with E-state index in [2.05, 4.69) is 42.0 Å². The van der Waals surface area contributed by atoms with Crippen LogP contribution in [0.2, 0.25) is 0 Å². The van der Waals surface area contributed by atoms with Crippen LogP contribution in [0.25, 0.3) is 10.9 Å². The molecule has 0 radical (unpaired) electrons. The fraction of sp³-hybridized carbons (Fsp3) is 0.524. The Bertz CT molecular complexity index is 837. The van der Waals surface area contributed by atoms with Gasteiger partial charge in [-0.3, -0.25) is 4.79 Å². The molecule has 0 atom stereocenters. The molecule has 2 aromatic rings. The lowest BCUT2D eigenvalue weighted by Crippen LogP contribution is -2.46. The summed E-state index contributed by atoms with van der Waals surface area (Å²) in [5.41, 5.74) is 2.84. The van der Waals surface area contributed by atoms with Crippen molar-refractivity contribution in [2.75, 3.05) is 6.54 Å². The molecule has 4 nitrogen and oxygen atoms in total. The lowest BCUT2D eigenvalue weighted by atomic mass is 10.1. The van der Waals surface area contributed by atoms with Crippen LogP contribution in [0.15, 0.2) is 29.1 Å². The van der Waals surface area contributed by atoms with E-state index in [0.717, 1.165) is 41.0 Å². The molecule has 0 spiro atoms. The Morgan fingerprint density at radius 1 is 1.31 bits per heavy atom. The molecule has 0 unspecified atom stereocenters. The average molecular weight is 372 g/mol. The van der Waals surface area contributed by atoms with Crippen LogP contribution in [0.3, 0.4) is 0 Å². The van der Waals surface area contributed by atoms with E-state index in [1.165, 1.54) is 18.4 Å². The second kappa shape index (κ2) is 8.21. The van der Waals surface area contributed by atoms with Gasteiger partial charge in [-0.2, -0.15) is 0 Å². The molecule has 1 aromatic heterocycles. The van der Waals surface area contributed by atoms with Crippen molar-refractivity contribution in [3.8, 4) is 0 Å². The number of thiocarbonyl (C=S) groups is 1. The SMILES string of the molecule is Cc1ccc2[nH]c(=O)c(CN(C(=S)NCC(C)C)C3CCCC3)cc2c1. The van der Waals surface area contributed by atoms with Gasteiger partial charge in [-0.1, -0.05) is 38.3 Å². The highest BCUT2D eigenvalue weighted by Gasteiger charge is 2.25. The summed E-state index contributed by atoms with van der Waals surface area (Å²) in [4.78, 5) is 17.9. The smallest absolute Gasteiger partial charge is 0.253 e. The Labute approximate surface area is 161 Å². The van der Waals surface area contributed by atoms with Crippen LogP contribution < -0.4 is 10.9 Å². The van der Waals surface area contributed by atoms with E-state index < -0.39 is 0 Å². The number of aromatic nitrogens is 1. The predicted octanol–water partition coefficient (Wildman–Crippen LogP) is 4.11. The first-order valence-corrected chi connectivity index (χ1v) is 10.0. The number of aryl methyl sites for hydroxylation is 1. The van der Waals surface area contributed by atoms with Crippen molar-refractivity contribution in [1.29, 1.82) is 0 Å². The molecule has 5 heteroatoms. The van der Waals surface area contributed by atoms with Crippen molar-refractivity contribution < 1.29 is 0 Å². The minimum atomic E-state index is -0.0176. The standard InChI is InChI=1S/C21H29N3OS/c1-14(2)12-22-21(26)24(18-6-4-5-7-18)13-17-11-16-10-15(3)8-9-19(16)23-20(17)25/h8-11,14,18H,4-7,12-13H2,1-3H3,(H,22,26)(H,23,25). The van der Waals surface area contributed by atoms with Crippen LogP contribution in [0.1, 0.15) is 50.7 Å². The van der Waals surface area contributed by atoms with Crippen molar-refractivity contribution in [2.24, 2.45) is 5.92 Å². The van der Waals surface area contributed by atoms with E-state index in [1.807, 2.05) is 18.2 Å². The number of nitrogens with one attached hydrogen (secondary N) is 2. The number of fused-ring (bicyclic) bond motifs is 1. The molecule has 1 saturated carbocycles. The first-order chi connectivity index (χ1) is 12.4. The largest absolute Gasteiger partial charge is 0.362 e. The highest BCUT2D eigenvalue weighted by atomic mass is 32.1. The van der Waals surface area contributed by atoms with Crippen LogP contribution in [0.5, 0.6) is 0 Å². The van der Waals surface area contributed by atoms with Crippen LogP contribution in [0, 0.1) is 12.8 Å². The van der Waals surface area contributed by atoms with Gasteiger partial charge in [-0.15, -0.1) is 0 Å².